The topological polar surface area (TPSA) is 154 Å². The Labute approximate surface area is 394 Å². The molecule has 0 radical (unpaired) electrons. The minimum atomic E-state index is -1.16. The first kappa shape index (κ1) is 49.2. The van der Waals surface area contributed by atoms with Crippen molar-refractivity contribution in [3.8, 4) is 22.5 Å². The van der Waals surface area contributed by atoms with Crippen molar-refractivity contribution in [2.24, 2.45) is 11.3 Å². The molecule has 2 fully saturated rings. The second-order valence-electron chi connectivity index (χ2n) is 20.0. The van der Waals surface area contributed by atoms with Gasteiger partial charge >= 0.3 is 6.03 Å². The number of benzene rings is 1. The Kier molecular flexibility index (Phi) is 15.4. The van der Waals surface area contributed by atoms with Gasteiger partial charge in [-0.25, -0.2) is 15.2 Å². The van der Waals surface area contributed by atoms with Crippen molar-refractivity contribution in [3.05, 3.63) is 58.2 Å². The summed E-state index contributed by atoms with van der Waals surface area (Å²) >= 11 is 1.44. The van der Waals surface area contributed by atoms with Gasteiger partial charge in [0.2, 0.25) is 5.91 Å². The van der Waals surface area contributed by atoms with Crippen molar-refractivity contribution in [1.29, 1.82) is 0 Å². The molecule has 15 nitrogen and oxygen atoms in total. The molecule has 7 rings (SSSR count). The molecule has 2 saturated heterocycles. The van der Waals surface area contributed by atoms with Gasteiger partial charge in [0.1, 0.15) is 23.9 Å². The number of nitrogens with one attached hydrogen (secondary N) is 2. The van der Waals surface area contributed by atoms with Crippen LogP contribution in [0.4, 0.5) is 4.79 Å². The number of aromatic nitrogens is 3. The molecule has 5 atom stereocenters. The molecule has 0 aliphatic carbocycles. The van der Waals surface area contributed by atoms with Crippen LogP contribution in [0.15, 0.2) is 41.9 Å². The van der Waals surface area contributed by atoms with E-state index in [0.29, 0.717) is 44.0 Å². The number of urea groups is 1. The predicted molar refractivity (Wildman–Crippen MR) is 259 cm³/mol. The van der Waals surface area contributed by atoms with Crippen LogP contribution < -0.4 is 10.7 Å². The van der Waals surface area contributed by atoms with Crippen LogP contribution in [-0.4, -0.2) is 143 Å². The van der Waals surface area contributed by atoms with E-state index in [1.54, 1.807) is 19.1 Å². The van der Waals surface area contributed by atoms with Crippen molar-refractivity contribution < 1.29 is 28.7 Å². The van der Waals surface area contributed by atoms with Gasteiger partial charge in [-0.1, -0.05) is 33.8 Å². The van der Waals surface area contributed by atoms with E-state index >= 15 is 0 Å². The zero-order chi connectivity index (χ0) is 47.5. The number of fused-ring (bicyclic) bond motifs is 6. The number of amides is 4. The number of aryl methyl sites for hydroxylation is 1. The van der Waals surface area contributed by atoms with Gasteiger partial charge in [0.25, 0.3) is 5.91 Å². The van der Waals surface area contributed by atoms with Gasteiger partial charge in [0, 0.05) is 79.9 Å². The first-order chi connectivity index (χ1) is 31.5. The van der Waals surface area contributed by atoms with Crippen LogP contribution >= 0.6 is 11.3 Å². The number of likely N-dealkylation sites (N-methyl/N-ethyl adjacent to an activating group) is 1. The second-order valence-corrected chi connectivity index (χ2v) is 20.9. The minimum Gasteiger partial charge on any atom is -0.378 e. The maximum absolute atomic E-state index is 14.8. The molecule has 3 aromatic heterocycles. The third-order valence-corrected chi connectivity index (χ3v) is 14.5. The van der Waals surface area contributed by atoms with Gasteiger partial charge < -0.3 is 38.9 Å². The van der Waals surface area contributed by atoms with E-state index < -0.39 is 23.5 Å². The Balaban J connectivity index is 1.28. The van der Waals surface area contributed by atoms with Crippen LogP contribution in [0.2, 0.25) is 0 Å². The number of ether oxygens (including phenoxy) is 2. The maximum atomic E-state index is 14.8. The van der Waals surface area contributed by atoms with Crippen molar-refractivity contribution in [2.45, 2.75) is 123 Å². The van der Waals surface area contributed by atoms with E-state index in [4.69, 9.17) is 19.4 Å². The average Bonchev–Trinajstić information content (AvgIpc) is 4.04. The highest BCUT2D eigenvalue weighted by atomic mass is 32.1. The number of carbonyl (C=O) groups is 4. The summed E-state index contributed by atoms with van der Waals surface area (Å²) in [4.78, 5) is 72.2. The molecule has 3 aliphatic heterocycles. The number of carbonyl (C=O) groups excluding carboxylic acids is 4. The smallest absolute Gasteiger partial charge is 0.320 e. The fraction of sp³-hybridized carbons (Fsp3) is 0.600. The summed E-state index contributed by atoms with van der Waals surface area (Å²) in [5.41, 5.74) is 8.61. The van der Waals surface area contributed by atoms with Gasteiger partial charge in [0.05, 0.1) is 41.4 Å². The third kappa shape index (κ3) is 10.4. The van der Waals surface area contributed by atoms with E-state index in [-0.39, 0.29) is 48.4 Å². The summed E-state index contributed by atoms with van der Waals surface area (Å²) < 4.78 is 14.7. The van der Waals surface area contributed by atoms with Crippen LogP contribution in [-0.2, 0) is 43.2 Å². The molecule has 358 valence electrons. The zero-order valence-electron chi connectivity index (χ0n) is 40.7. The normalized spacial score (nSPS) is 22.4. The van der Waals surface area contributed by atoms with E-state index in [2.05, 4.69) is 65.2 Å². The van der Waals surface area contributed by atoms with Gasteiger partial charge in [-0.15, -0.1) is 11.3 Å². The lowest BCUT2D eigenvalue weighted by Crippen LogP contribution is -2.66. The number of nitrogens with zero attached hydrogens (tertiary/aromatic N) is 7. The molecule has 2 N–H and O–H groups in total. The lowest BCUT2D eigenvalue weighted by molar-refractivity contribution is -0.147. The zero-order valence-corrected chi connectivity index (χ0v) is 41.5. The number of hydrazine groups is 1. The van der Waals surface area contributed by atoms with E-state index in [1.165, 1.54) is 16.3 Å². The third-order valence-electron chi connectivity index (χ3n) is 13.7. The van der Waals surface area contributed by atoms with Gasteiger partial charge in [-0.05, 0) is 114 Å². The first-order valence-corrected chi connectivity index (χ1v) is 24.6. The average molecular weight is 926 g/mol. The summed E-state index contributed by atoms with van der Waals surface area (Å²) in [7, 11) is 7.45. The molecule has 1 aromatic carbocycles. The molecule has 66 heavy (non-hydrogen) atoms. The number of aldehydes is 1. The van der Waals surface area contributed by atoms with Gasteiger partial charge in [-0.2, -0.15) is 0 Å². The second kappa shape index (κ2) is 20.6. The quantitative estimate of drug-likeness (QED) is 0.146. The highest BCUT2D eigenvalue weighted by molar-refractivity contribution is 7.10. The molecule has 16 heteroatoms. The molecule has 0 spiro atoms. The summed E-state index contributed by atoms with van der Waals surface area (Å²) in [6, 6.07) is 8.59. The number of thiazole rings is 1. The number of hydrogen-bond donors (Lipinski definition) is 2. The summed E-state index contributed by atoms with van der Waals surface area (Å²) in [6.45, 7) is 15.3. The highest BCUT2D eigenvalue weighted by Crippen LogP contribution is 2.42. The molecule has 6 bridgehead atoms. The Bertz CT molecular complexity index is 2380. The molecular formula is C50H71N9O6S. The van der Waals surface area contributed by atoms with Crippen LogP contribution in [0.25, 0.3) is 33.4 Å². The van der Waals surface area contributed by atoms with Crippen LogP contribution in [0, 0.1) is 11.3 Å². The molecule has 6 heterocycles. The first-order valence-electron chi connectivity index (χ1n) is 23.7. The number of hydrogen-bond acceptors (Lipinski definition) is 11. The van der Waals surface area contributed by atoms with Crippen molar-refractivity contribution in [2.75, 3.05) is 61.1 Å². The molecule has 3 aliphatic rings. The molecule has 0 unspecified atom stereocenters. The summed E-state index contributed by atoms with van der Waals surface area (Å²) in [6.07, 6.45) is 6.92. The van der Waals surface area contributed by atoms with Gasteiger partial charge in [0.15, 0.2) is 0 Å². The van der Waals surface area contributed by atoms with Crippen molar-refractivity contribution >= 4 is 46.4 Å². The monoisotopic (exact) mass is 926 g/mol. The lowest BCUT2D eigenvalue weighted by Gasteiger charge is -2.42. The predicted octanol–water partition coefficient (Wildman–Crippen LogP) is 6.74. The molecule has 4 amide bonds. The van der Waals surface area contributed by atoms with Crippen LogP contribution in [0.1, 0.15) is 96.0 Å². The number of likely N-dealkylation sites (tertiary alicyclic amines) is 1. The van der Waals surface area contributed by atoms with Crippen molar-refractivity contribution in [3.63, 3.8) is 0 Å². The Morgan fingerprint density at radius 3 is 2.62 bits per heavy atom. The van der Waals surface area contributed by atoms with Gasteiger partial charge in [-0.3, -0.25) is 19.6 Å². The Hall–Kier alpha value is -4.74. The summed E-state index contributed by atoms with van der Waals surface area (Å²) in [5, 5.41) is 8.34. The van der Waals surface area contributed by atoms with E-state index in [0.717, 1.165) is 83.3 Å². The fourth-order valence-electron chi connectivity index (χ4n) is 10.2. The van der Waals surface area contributed by atoms with Crippen LogP contribution in [0.5, 0.6) is 0 Å². The highest BCUT2D eigenvalue weighted by Gasteiger charge is 2.42. The largest absolute Gasteiger partial charge is 0.378 e. The molecule has 0 saturated carbocycles. The Morgan fingerprint density at radius 1 is 1.12 bits per heavy atom. The van der Waals surface area contributed by atoms with E-state index in [9.17, 15) is 19.2 Å². The Morgan fingerprint density at radius 2 is 1.91 bits per heavy atom. The molecular weight excluding hydrogens is 855 g/mol. The van der Waals surface area contributed by atoms with Crippen molar-refractivity contribution in [1.82, 2.24) is 45.0 Å². The standard InChI is InChI=1S/C50H71N9O6S/c1-11-57-41-18-17-34-25-37(41)38(45(57)36-16-12-21-51-43(36)33(4)64-10)27-49(5,6)30-65-31-50(29-60)20-14-23-59(54-50)47(62)39(26-42-52-40(34)28-66-42)53-46(61)44(32(2)3)56(9)48(63)58-22-13-15-35(58)19-24-55(7)8/h12,16-18,21,25,28-29,32-33,35,39,44,54H,11,13-15,19-20,22-24,26-27,30-31H2,1-10H3,(H,53,61)/t33-,35-,39-,44-,50-/m0/s1. The number of methoxy groups -OCH3 is 1. The maximum Gasteiger partial charge on any atom is 0.320 e. The fourth-order valence-corrected chi connectivity index (χ4v) is 11.1. The minimum absolute atomic E-state index is 0.0524. The van der Waals surface area contributed by atoms with Crippen LogP contribution in [0.3, 0.4) is 0 Å². The van der Waals surface area contributed by atoms with E-state index in [1.807, 2.05) is 57.4 Å². The summed E-state index contributed by atoms with van der Waals surface area (Å²) in [5.74, 6) is -1.06. The SMILES string of the molecule is CCn1c(-c2cccnc2[C@H](C)OC)c2c3cc(ccc31)-c1csc(n1)C[C@H](NC(=O)[C@H](C(C)C)N(C)C(=O)N1CCC[C@H]1CCN(C)C)C(=O)N1CCC[C@](C=O)(COCC(C)(C)C2)N1. The lowest BCUT2D eigenvalue weighted by atomic mass is 9.84. The number of rotatable bonds is 12. The molecule has 4 aromatic rings. The number of pyridine rings is 1.